The standard InChI is InChI=1S/C10H12ClNO5S/c1-17-10(14)8(6-13)12-18(15,16)9-5-3-2-4-7(9)11/h2-5,8,12-13H,6H2,1H3/t8-/m0/s1. The van der Waals surface area contributed by atoms with Gasteiger partial charge in [0.1, 0.15) is 10.9 Å². The molecule has 8 heteroatoms. The SMILES string of the molecule is COC(=O)[C@H](CO)NS(=O)(=O)c1ccccc1Cl. The van der Waals surface area contributed by atoms with Crippen molar-refractivity contribution in [3.63, 3.8) is 0 Å². The van der Waals surface area contributed by atoms with Crippen molar-refractivity contribution in [2.45, 2.75) is 10.9 Å². The number of hydrogen-bond donors (Lipinski definition) is 2. The van der Waals surface area contributed by atoms with Crippen LogP contribution in [0.4, 0.5) is 0 Å². The number of aliphatic hydroxyl groups is 1. The normalized spacial score (nSPS) is 13.1. The molecule has 100 valence electrons. The maximum absolute atomic E-state index is 11.9. The summed E-state index contributed by atoms with van der Waals surface area (Å²) in [4.78, 5) is 11.0. The summed E-state index contributed by atoms with van der Waals surface area (Å²) in [6.07, 6.45) is 0. The molecule has 0 unspecified atom stereocenters. The molecule has 1 aromatic rings. The first kappa shape index (κ1) is 14.9. The molecule has 1 atom stereocenters. The number of esters is 1. The van der Waals surface area contributed by atoms with E-state index in [9.17, 15) is 13.2 Å². The zero-order chi connectivity index (χ0) is 13.8. The molecule has 0 aliphatic carbocycles. The van der Waals surface area contributed by atoms with Crippen molar-refractivity contribution < 1.29 is 23.1 Å². The van der Waals surface area contributed by atoms with Crippen LogP contribution in [-0.4, -0.2) is 39.3 Å². The number of aliphatic hydroxyl groups excluding tert-OH is 1. The lowest BCUT2D eigenvalue weighted by Crippen LogP contribution is -2.43. The average molecular weight is 294 g/mol. The summed E-state index contributed by atoms with van der Waals surface area (Å²) in [6.45, 7) is -0.712. The molecule has 0 aromatic heterocycles. The third-order valence-electron chi connectivity index (χ3n) is 2.09. The molecule has 0 amide bonds. The quantitative estimate of drug-likeness (QED) is 0.754. The van der Waals surface area contributed by atoms with E-state index in [1.165, 1.54) is 18.2 Å². The van der Waals surface area contributed by atoms with Crippen LogP contribution in [0, 0.1) is 0 Å². The number of methoxy groups -OCH3 is 1. The van der Waals surface area contributed by atoms with Gasteiger partial charge in [0.2, 0.25) is 10.0 Å². The Morgan fingerprint density at radius 1 is 1.50 bits per heavy atom. The Balaban J connectivity index is 3.02. The Kier molecular flexibility index (Phi) is 5.09. The minimum Gasteiger partial charge on any atom is -0.468 e. The molecule has 0 saturated heterocycles. The molecule has 0 bridgehead atoms. The molecule has 1 rings (SSSR count). The van der Waals surface area contributed by atoms with Crippen LogP contribution in [0.15, 0.2) is 29.2 Å². The highest BCUT2D eigenvalue weighted by Crippen LogP contribution is 2.20. The fraction of sp³-hybridized carbons (Fsp3) is 0.300. The number of hydrogen-bond acceptors (Lipinski definition) is 5. The van der Waals surface area contributed by atoms with Crippen LogP contribution in [0.5, 0.6) is 0 Å². The second-order valence-electron chi connectivity index (χ2n) is 3.31. The highest BCUT2D eigenvalue weighted by molar-refractivity contribution is 7.89. The number of nitrogens with one attached hydrogen (secondary N) is 1. The Morgan fingerprint density at radius 2 is 2.11 bits per heavy atom. The maximum Gasteiger partial charge on any atom is 0.326 e. The maximum atomic E-state index is 11.9. The van der Waals surface area contributed by atoms with Gasteiger partial charge in [-0.3, -0.25) is 4.79 Å². The van der Waals surface area contributed by atoms with E-state index >= 15 is 0 Å². The molecular formula is C10H12ClNO5S. The zero-order valence-corrected chi connectivity index (χ0v) is 11.0. The average Bonchev–Trinajstić information content (AvgIpc) is 2.35. The molecule has 6 nitrogen and oxygen atoms in total. The van der Waals surface area contributed by atoms with Crippen LogP contribution in [0.2, 0.25) is 5.02 Å². The van der Waals surface area contributed by atoms with Crippen LogP contribution >= 0.6 is 11.6 Å². The van der Waals surface area contributed by atoms with Gasteiger partial charge in [0.15, 0.2) is 0 Å². The molecule has 0 heterocycles. The zero-order valence-electron chi connectivity index (χ0n) is 9.46. The first-order valence-corrected chi connectivity index (χ1v) is 6.74. The van der Waals surface area contributed by atoms with E-state index in [0.29, 0.717) is 0 Å². The molecule has 1 aromatic carbocycles. The van der Waals surface area contributed by atoms with Gasteiger partial charge in [0.25, 0.3) is 0 Å². The lowest BCUT2D eigenvalue weighted by molar-refractivity contribution is -0.143. The van der Waals surface area contributed by atoms with Gasteiger partial charge in [0.05, 0.1) is 18.7 Å². The van der Waals surface area contributed by atoms with Gasteiger partial charge in [-0.2, -0.15) is 4.72 Å². The second-order valence-corrected chi connectivity index (χ2v) is 5.40. The molecule has 2 N–H and O–H groups in total. The van der Waals surface area contributed by atoms with E-state index in [4.69, 9.17) is 16.7 Å². The minimum atomic E-state index is -4.00. The van der Waals surface area contributed by atoms with Gasteiger partial charge in [-0.25, -0.2) is 8.42 Å². The highest BCUT2D eigenvalue weighted by Gasteiger charge is 2.26. The van der Waals surface area contributed by atoms with Crippen molar-refractivity contribution >= 4 is 27.6 Å². The molecule has 0 fully saturated rings. The van der Waals surface area contributed by atoms with Crippen LogP contribution in [0.25, 0.3) is 0 Å². The van der Waals surface area contributed by atoms with Crippen LogP contribution in [-0.2, 0) is 19.6 Å². The monoisotopic (exact) mass is 293 g/mol. The number of ether oxygens (including phenoxy) is 1. The lowest BCUT2D eigenvalue weighted by Gasteiger charge is -2.14. The summed E-state index contributed by atoms with van der Waals surface area (Å²) in [6, 6.07) is 4.40. The minimum absolute atomic E-state index is 0.0200. The van der Waals surface area contributed by atoms with Crippen LogP contribution < -0.4 is 4.72 Å². The third-order valence-corrected chi connectivity index (χ3v) is 4.06. The smallest absolute Gasteiger partial charge is 0.326 e. The molecule has 0 spiro atoms. The topological polar surface area (TPSA) is 92.7 Å². The van der Waals surface area contributed by atoms with Gasteiger partial charge in [-0.15, -0.1) is 0 Å². The van der Waals surface area contributed by atoms with Crippen molar-refractivity contribution in [1.82, 2.24) is 4.72 Å². The Morgan fingerprint density at radius 3 is 2.61 bits per heavy atom. The van der Waals surface area contributed by atoms with Crippen molar-refractivity contribution in [2.24, 2.45) is 0 Å². The van der Waals surface area contributed by atoms with Gasteiger partial charge in [-0.1, -0.05) is 23.7 Å². The van der Waals surface area contributed by atoms with Gasteiger partial charge < -0.3 is 9.84 Å². The fourth-order valence-corrected chi connectivity index (χ4v) is 2.91. The largest absolute Gasteiger partial charge is 0.468 e. The Labute approximate surface area is 110 Å². The second kappa shape index (κ2) is 6.14. The number of carbonyl (C=O) groups excluding carboxylic acids is 1. The van der Waals surface area contributed by atoms with Crippen LogP contribution in [0.1, 0.15) is 0 Å². The van der Waals surface area contributed by atoms with Gasteiger partial charge in [0, 0.05) is 0 Å². The van der Waals surface area contributed by atoms with Crippen molar-refractivity contribution in [1.29, 1.82) is 0 Å². The van der Waals surface area contributed by atoms with E-state index in [0.717, 1.165) is 7.11 Å². The first-order chi connectivity index (χ1) is 8.42. The molecule has 18 heavy (non-hydrogen) atoms. The predicted molar refractivity (Wildman–Crippen MR) is 64.7 cm³/mol. The predicted octanol–water partition coefficient (Wildman–Crippen LogP) is 0.152. The molecule has 0 radical (unpaired) electrons. The van der Waals surface area contributed by atoms with E-state index < -0.39 is 28.6 Å². The Bertz CT molecular complexity index is 531. The number of benzene rings is 1. The van der Waals surface area contributed by atoms with Crippen LogP contribution in [0.3, 0.4) is 0 Å². The van der Waals surface area contributed by atoms with Gasteiger partial charge in [-0.05, 0) is 12.1 Å². The third kappa shape index (κ3) is 3.42. The first-order valence-electron chi connectivity index (χ1n) is 4.88. The summed E-state index contributed by atoms with van der Waals surface area (Å²) in [5.74, 6) is -0.881. The van der Waals surface area contributed by atoms with E-state index in [2.05, 4.69) is 4.74 Å². The number of rotatable bonds is 5. The Hall–Kier alpha value is -1.15. The van der Waals surface area contributed by atoms with E-state index in [1.807, 2.05) is 4.72 Å². The van der Waals surface area contributed by atoms with E-state index in [-0.39, 0.29) is 9.92 Å². The van der Waals surface area contributed by atoms with Gasteiger partial charge >= 0.3 is 5.97 Å². The molecule has 0 aliphatic heterocycles. The van der Waals surface area contributed by atoms with E-state index in [1.54, 1.807) is 6.07 Å². The lowest BCUT2D eigenvalue weighted by atomic mass is 10.3. The highest BCUT2D eigenvalue weighted by atomic mass is 35.5. The summed E-state index contributed by atoms with van der Waals surface area (Å²) >= 11 is 5.75. The number of halogens is 1. The summed E-state index contributed by atoms with van der Waals surface area (Å²) in [7, 11) is -2.91. The number of sulfonamides is 1. The summed E-state index contributed by atoms with van der Waals surface area (Å²) in [5, 5.41) is 8.97. The van der Waals surface area contributed by atoms with Crippen molar-refractivity contribution in [3.8, 4) is 0 Å². The molecule has 0 saturated carbocycles. The number of carbonyl (C=O) groups is 1. The molecule has 0 aliphatic rings. The van der Waals surface area contributed by atoms with Crippen molar-refractivity contribution in [2.75, 3.05) is 13.7 Å². The summed E-state index contributed by atoms with van der Waals surface area (Å²) in [5.41, 5.74) is 0. The fourth-order valence-electron chi connectivity index (χ4n) is 1.22. The van der Waals surface area contributed by atoms with Crippen molar-refractivity contribution in [3.05, 3.63) is 29.3 Å². The molecular weight excluding hydrogens is 282 g/mol. The summed E-state index contributed by atoms with van der Waals surface area (Å²) < 4.78 is 30.2.